The van der Waals surface area contributed by atoms with Crippen LogP contribution in [0.2, 0.25) is 15.1 Å². The highest BCUT2D eigenvalue weighted by Gasteiger charge is 2.14. The molecule has 0 saturated carbocycles. The molecule has 0 radical (unpaired) electrons. The second-order valence-corrected chi connectivity index (χ2v) is 5.10. The van der Waals surface area contributed by atoms with Gasteiger partial charge in [-0.3, -0.25) is 4.79 Å². The number of carbonyl (C=O) groups excluding carboxylic acids is 1. The maximum atomic E-state index is 12.3. The fourth-order valence-corrected chi connectivity index (χ4v) is 2.29. The molecule has 1 nitrogen and oxygen atoms in total. The van der Waals surface area contributed by atoms with Gasteiger partial charge in [-0.2, -0.15) is 0 Å². The smallest absolute Gasteiger partial charge is 0.194 e. The number of ketones is 1. The van der Waals surface area contributed by atoms with Gasteiger partial charge in [0.25, 0.3) is 0 Å². The highest BCUT2D eigenvalue weighted by atomic mass is 35.5. The second-order valence-electron chi connectivity index (χ2n) is 3.87. The van der Waals surface area contributed by atoms with Crippen LogP contribution in [0, 0.1) is 6.92 Å². The van der Waals surface area contributed by atoms with Crippen molar-refractivity contribution in [3.05, 3.63) is 68.2 Å². The fourth-order valence-electron chi connectivity index (χ4n) is 1.58. The molecular formula is C14H9Cl3O. The van der Waals surface area contributed by atoms with E-state index in [9.17, 15) is 4.79 Å². The normalized spacial score (nSPS) is 10.4. The molecule has 2 rings (SSSR count). The summed E-state index contributed by atoms with van der Waals surface area (Å²) < 4.78 is 0. The maximum absolute atomic E-state index is 12.3. The third-order valence-electron chi connectivity index (χ3n) is 2.66. The molecule has 2 aromatic rings. The average Bonchev–Trinajstić information content (AvgIpc) is 2.35. The standard InChI is InChI=1S/C14H9Cl3O/c1-8-12(16)6-9(7-13(8)17)14(18)10-4-2-3-5-11(10)15/h2-7H,1H3. The van der Waals surface area contributed by atoms with Crippen LogP contribution in [-0.2, 0) is 0 Å². The SMILES string of the molecule is Cc1c(Cl)cc(C(=O)c2ccccc2Cl)cc1Cl. The van der Waals surface area contributed by atoms with Crippen molar-refractivity contribution in [3.63, 3.8) is 0 Å². The summed E-state index contributed by atoms with van der Waals surface area (Å²) in [6.07, 6.45) is 0. The summed E-state index contributed by atoms with van der Waals surface area (Å²) in [6, 6.07) is 10.1. The lowest BCUT2D eigenvalue weighted by molar-refractivity contribution is 0.103. The maximum Gasteiger partial charge on any atom is 0.194 e. The van der Waals surface area contributed by atoms with Crippen LogP contribution < -0.4 is 0 Å². The van der Waals surface area contributed by atoms with E-state index in [1.54, 1.807) is 43.3 Å². The van der Waals surface area contributed by atoms with E-state index in [-0.39, 0.29) is 5.78 Å². The van der Waals surface area contributed by atoms with E-state index in [4.69, 9.17) is 34.8 Å². The number of rotatable bonds is 2. The lowest BCUT2D eigenvalue weighted by atomic mass is 10.0. The van der Waals surface area contributed by atoms with Gasteiger partial charge < -0.3 is 0 Å². The second kappa shape index (κ2) is 5.31. The van der Waals surface area contributed by atoms with Crippen LogP contribution >= 0.6 is 34.8 Å². The third kappa shape index (κ3) is 2.54. The molecule has 0 aliphatic carbocycles. The van der Waals surface area contributed by atoms with Gasteiger partial charge in [0.15, 0.2) is 5.78 Å². The summed E-state index contributed by atoms with van der Waals surface area (Å²) in [5.41, 5.74) is 1.63. The molecule has 0 bridgehead atoms. The van der Waals surface area contributed by atoms with E-state index in [1.165, 1.54) is 0 Å². The zero-order chi connectivity index (χ0) is 13.3. The summed E-state index contributed by atoms with van der Waals surface area (Å²) in [7, 11) is 0. The van der Waals surface area contributed by atoms with Gasteiger partial charge in [-0.1, -0.05) is 46.9 Å². The van der Waals surface area contributed by atoms with E-state index in [2.05, 4.69) is 0 Å². The first-order valence-corrected chi connectivity index (χ1v) is 6.39. The van der Waals surface area contributed by atoms with Crippen molar-refractivity contribution in [1.82, 2.24) is 0 Å². The van der Waals surface area contributed by atoms with Crippen molar-refractivity contribution in [2.45, 2.75) is 6.92 Å². The first kappa shape index (κ1) is 13.4. The minimum atomic E-state index is -0.190. The first-order valence-electron chi connectivity index (χ1n) is 5.25. The number of hydrogen-bond acceptors (Lipinski definition) is 1. The third-order valence-corrected chi connectivity index (χ3v) is 3.78. The van der Waals surface area contributed by atoms with E-state index in [0.717, 1.165) is 5.56 Å². The molecule has 0 spiro atoms. The predicted octanol–water partition coefficient (Wildman–Crippen LogP) is 5.19. The van der Waals surface area contributed by atoms with Gasteiger partial charge >= 0.3 is 0 Å². The minimum Gasteiger partial charge on any atom is -0.289 e. The Morgan fingerprint density at radius 3 is 2.06 bits per heavy atom. The van der Waals surface area contributed by atoms with Gasteiger partial charge in [-0.05, 0) is 36.8 Å². The first-order chi connectivity index (χ1) is 8.50. The Bertz CT molecular complexity index is 597. The molecule has 0 N–H and O–H groups in total. The fraction of sp³-hybridized carbons (Fsp3) is 0.0714. The molecule has 0 amide bonds. The molecule has 0 aliphatic heterocycles. The summed E-state index contributed by atoms with van der Waals surface area (Å²) in [5, 5.41) is 1.35. The van der Waals surface area contributed by atoms with Crippen molar-refractivity contribution in [2.24, 2.45) is 0 Å². The Balaban J connectivity index is 2.51. The van der Waals surface area contributed by atoms with E-state index in [0.29, 0.717) is 26.2 Å². The lowest BCUT2D eigenvalue weighted by Crippen LogP contribution is -2.02. The topological polar surface area (TPSA) is 17.1 Å². The highest BCUT2D eigenvalue weighted by molar-refractivity contribution is 6.37. The molecule has 18 heavy (non-hydrogen) atoms. The molecule has 0 saturated heterocycles. The van der Waals surface area contributed by atoms with Crippen LogP contribution in [0.25, 0.3) is 0 Å². The molecule has 2 aromatic carbocycles. The van der Waals surface area contributed by atoms with Crippen LogP contribution in [0.15, 0.2) is 36.4 Å². The Morgan fingerprint density at radius 1 is 0.944 bits per heavy atom. The van der Waals surface area contributed by atoms with Crippen molar-refractivity contribution in [3.8, 4) is 0 Å². The minimum absolute atomic E-state index is 0.190. The average molecular weight is 300 g/mol. The molecule has 0 heterocycles. The van der Waals surface area contributed by atoms with Crippen LogP contribution in [0.1, 0.15) is 21.5 Å². The molecule has 0 atom stereocenters. The Kier molecular flexibility index (Phi) is 3.96. The van der Waals surface area contributed by atoms with Gasteiger partial charge in [0.1, 0.15) is 0 Å². The van der Waals surface area contributed by atoms with Crippen LogP contribution in [0.5, 0.6) is 0 Å². The van der Waals surface area contributed by atoms with Crippen LogP contribution in [0.4, 0.5) is 0 Å². The summed E-state index contributed by atoms with van der Waals surface area (Å²) in [5.74, 6) is -0.190. The molecule has 4 heteroatoms. The molecule has 0 aromatic heterocycles. The van der Waals surface area contributed by atoms with Crippen molar-refractivity contribution in [2.75, 3.05) is 0 Å². The van der Waals surface area contributed by atoms with E-state index < -0.39 is 0 Å². The zero-order valence-corrected chi connectivity index (χ0v) is 11.8. The van der Waals surface area contributed by atoms with Gasteiger partial charge in [-0.25, -0.2) is 0 Å². The largest absolute Gasteiger partial charge is 0.289 e. The molecule has 0 aliphatic rings. The Labute approximate surface area is 120 Å². The van der Waals surface area contributed by atoms with Crippen LogP contribution in [-0.4, -0.2) is 5.78 Å². The zero-order valence-electron chi connectivity index (χ0n) is 9.51. The predicted molar refractivity (Wildman–Crippen MR) is 76.1 cm³/mol. The quantitative estimate of drug-likeness (QED) is 0.698. The molecule has 92 valence electrons. The monoisotopic (exact) mass is 298 g/mol. The Hall–Kier alpha value is -1.02. The van der Waals surface area contributed by atoms with Gasteiger partial charge in [0, 0.05) is 21.2 Å². The molecule has 0 unspecified atom stereocenters. The van der Waals surface area contributed by atoms with E-state index >= 15 is 0 Å². The summed E-state index contributed by atoms with van der Waals surface area (Å²) >= 11 is 18.0. The number of halogens is 3. The van der Waals surface area contributed by atoms with Crippen molar-refractivity contribution >= 4 is 40.6 Å². The summed E-state index contributed by atoms with van der Waals surface area (Å²) in [4.78, 5) is 12.3. The van der Waals surface area contributed by atoms with E-state index in [1.807, 2.05) is 0 Å². The Morgan fingerprint density at radius 2 is 1.50 bits per heavy atom. The lowest BCUT2D eigenvalue weighted by Gasteiger charge is -2.07. The summed E-state index contributed by atoms with van der Waals surface area (Å²) in [6.45, 7) is 1.80. The van der Waals surface area contributed by atoms with Crippen molar-refractivity contribution in [1.29, 1.82) is 0 Å². The number of carbonyl (C=O) groups is 1. The van der Waals surface area contributed by atoms with Gasteiger partial charge in [0.2, 0.25) is 0 Å². The number of benzene rings is 2. The van der Waals surface area contributed by atoms with Crippen molar-refractivity contribution < 1.29 is 4.79 Å². The highest BCUT2D eigenvalue weighted by Crippen LogP contribution is 2.28. The molecular weight excluding hydrogens is 291 g/mol. The van der Waals surface area contributed by atoms with Gasteiger partial charge in [-0.15, -0.1) is 0 Å². The molecule has 0 fully saturated rings. The van der Waals surface area contributed by atoms with Gasteiger partial charge in [0.05, 0.1) is 5.02 Å². The van der Waals surface area contributed by atoms with Crippen LogP contribution in [0.3, 0.4) is 0 Å². The number of hydrogen-bond donors (Lipinski definition) is 0.